The van der Waals surface area contributed by atoms with Gasteiger partial charge in [-0.1, -0.05) is 30.3 Å². The normalized spacial score (nSPS) is 15.8. The number of rotatable bonds is 3. The summed E-state index contributed by atoms with van der Waals surface area (Å²) in [4.78, 5) is 26.1. The van der Waals surface area contributed by atoms with Gasteiger partial charge < -0.3 is 9.80 Å². The number of hydrogen-bond acceptors (Lipinski definition) is 2. The Labute approximate surface area is 101 Å². The minimum atomic E-state index is 0.141. The largest absolute Gasteiger partial charge is 0.342 e. The summed E-state index contributed by atoms with van der Waals surface area (Å²) in [5, 5.41) is 0. The van der Waals surface area contributed by atoms with Crippen LogP contribution in [0.1, 0.15) is 5.56 Å². The summed E-state index contributed by atoms with van der Waals surface area (Å²) < 4.78 is 0. The fourth-order valence-corrected chi connectivity index (χ4v) is 1.96. The molecule has 1 fully saturated rings. The van der Waals surface area contributed by atoms with Crippen LogP contribution < -0.4 is 0 Å². The Kier molecular flexibility index (Phi) is 3.75. The zero-order valence-corrected chi connectivity index (χ0v) is 9.71. The molecule has 1 heterocycles. The van der Waals surface area contributed by atoms with Gasteiger partial charge in [0.1, 0.15) is 0 Å². The molecule has 90 valence electrons. The highest BCUT2D eigenvalue weighted by molar-refractivity contribution is 5.79. The molecular weight excluding hydrogens is 216 g/mol. The van der Waals surface area contributed by atoms with Crippen molar-refractivity contribution in [1.82, 2.24) is 9.80 Å². The molecule has 0 saturated carbocycles. The first-order valence-electron chi connectivity index (χ1n) is 5.80. The highest BCUT2D eigenvalue weighted by Gasteiger charge is 2.19. The Morgan fingerprint density at radius 1 is 1.12 bits per heavy atom. The SMILES string of the molecule is O=CN1CCN(C(=O)Cc2ccccc2)CC1. The van der Waals surface area contributed by atoms with E-state index in [9.17, 15) is 9.59 Å². The number of carbonyl (C=O) groups is 2. The first kappa shape index (κ1) is 11.6. The fourth-order valence-electron chi connectivity index (χ4n) is 1.96. The quantitative estimate of drug-likeness (QED) is 0.713. The molecule has 2 amide bonds. The molecule has 1 aliphatic heterocycles. The van der Waals surface area contributed by atoms with E-state index in [0.717, 1.165) is 12.0 Å². The van der Waals surface area contributed by atoms with E-state index in [0.29, 0.717) is 32.6 Å². The van der Waals surface area contributed by atoms with Gasteiger partial charge in [0.2, 0.25) is 12.3 Å². The van der Waals surface area contributed by atoms with Gasteiger partial charge in [-0.2, -0.15) is 0 Å². The van der Waals surface area contributed by atoms with Crippen LogP contribution in [0.2, 0.25) is 0 Å². The minimum absolute atomic E-state index is 0.141. The van der Waals surface area contributed by atoms with Gasteiger partial charge in [-0.25, -0.2) is 0 Å². The third-order valence-corrected chi connectivity index (χ3v) is 3.01. The van der Waals surface area contributed by atoms with Gasteiger partial charge in [0.15, 0.2) is 0 Å². The third-order valence-electron chi connectivity index (χ3n) is 3.01. The van der Waals surface area contributed by atoms with E-state index in [-0.39, 0.29) is 5.91 Å². The topological polar surface area (TPSA) is 40.6 Å². The highest BCUT2D eigenvalue weighted by atomic mass is 16.2. The second-order valence-electron chi connectivity index (χ2n) is 4.18. The number of amides is 2. The lowest BCUT2D eigenvalue weighted by molar-refractivity contribution is -0.134. The molecule has 4 nitrogen and oxygen atoms in total. The van der Waals surface area contributed by atoms with E-state index in [2.05, 4.69) is 0 Å². The summed E-state index contributed by atoms with van der Waals surface area (Å²) in [6, 6.07) is 9.73. The lowest BCUT2D eigenvalue weighted by Crippen LogP contribution is -2.48. The van der Waals surface area contributed by atoms with E-state index in [1.807, 2.05) is 35.2 Å². The van der Waals surface area contributed by atoms with Crippen LogP contribution in [0.3, 0.4) is 0 Å². The molecule has 0 aliphatic carbocycles. The third kappa shape index (κ3) is 3.06. The standard InChI is InChI=1S/C13H16N2O2/c16-11-14-6-8-15(9-7-14)13(17)10-12-4-2-1-3-5-12/h1-5,11H,6-10H2. The van der Waals surface area contributed by atoms with Gasteiger partial charge >= 0.3 is 0 Å². The van der Waals surface area contributed by atoms with E-state index in [4.69, 9.17) is 0 Å². The zero-order chi connectivity index (χ0) is 12.1. The van der Waals surface area contributed by atoms with Crippen molar-refractivity contribution in [3.05, 3.63) is 35.9 Å². The number of hydrogen-bond donors (Lipinski definition) is 0. The Morgan fingerprint density at radius 2 is 1.76 bits per heavy atom. The molecule has 1 aromatic carbocycles. The zero-order valence-electron chi connectivity index (χ0n) is 9.71. The monoisotopic (exact) mass is 232 g/mol. The maximum Gasteiger partial charge on any atom is 0.227 e. The van der Waals surface area contributed by atoms with Crippen LogP contribution in [0.15, 0.2) is 30.3 Å². The summed E-state index contributed by atoms with van der Waals surface area (Å²) in [6.07, 6.45) is 1.29. The molecule has 0 unspecified atom stereocenters. The average molecular weight is 232 g/mol. The molecule has 0 N–H and O–H groups in total. The maximum atomic E-state index is 12.0. The predicted octanol–water partition coefficient (Wildman–Crippen LogP) is 0.530. The van der Waals surface area contributed by atoms with Crippen molar-refractivity contribution in [3.8, 4) is 0 Å². The van der Waals surface area contributed by atoms with E-state index in [1.165, 1.54) is 0 Å². The van der Waals surface area contributed by atoms with E-state index in [1.54, 1.807) is 4.90 Å². The predicted molar refractivity (Wildman–Crippen MR) is 64.4 cm³/mol. The Bertz CT molecular complexity index is 384. The van der Waals surface area contributed by atoms with Crippen molar-refractivity contribution >= 4 is 12.3 Å². The van der Waals surface area contributed by atoms with E-state index >= 15 is 0 Å². The van der Waals surface area contributed by atoms with Crippen LogP contribution in [0.25, 0.3) is 0 Å². The van der Waals surface area contributed by atoms with Crippen molar-refractivity contribution < 1.29 is 9.59 Å². The highest BCUT2D eigenvalue weighted by Crippen LogP contribution is 2.05. The van der Waals surface area contributed by atoms with E-state index < -0.39 is 0 Å². The van der Waals surface area contributed by atoms with Crippen molar-refractivity contribution in [3.63, 3.8) is 0 Å². The molecule has 0 spiro atoms. The molecule has 0 radical (unpaired) electrons. The van der Waals surface area contributed by atoms with Crippen LogP contribution in [0.4, 0.5) is 0 Å². The van der Waals surface area contributed by atoms with Gasteiger partial charge in [0, 0.05) is 26.2 Å². The van der Waals surface area contributed by atoms with Crippen LogP contribution in [0, 0.1) is 0 Å². The molecule has 4 heteroatoms. The van der Waals surface area contributed by atoms with Crippen LogP contribution in [0.5, 0.6) is 0 Å². The second kappa shape index (κ2) is 5.48. The van der Waals surface area contributed by atoms with Gasteiger partial charge in [-0.3, -0.25) is 9.59 Å². The lowest BCUT2D eigenvalue weighted by Gasteiger charge is -2.32. The molecule has 0 bridgehead atoms. The van der Waals surface area contributed by atoms with Gasteiger partial charge in [-0.05, 0) is 5.56 Å². The molecule has 1 aliphatic rings. The summed E-state index contributed by atoms with van der Waals surface area (Å²) in [5.41, 5.74) is 1.04. The Morgan fingerprint density at radius 3 is 2.35 bits per heavy atom. The maximum absolute atomic E-state index is 12.0. The van der Waals surface area contributed by atoms with Gasteiger partial charge in [-0.15, -0.1) is 0 Å². The lowest BCUT2D eigenvalue weighted by atomic mass is 10.1. The fraction of sp³-hybridized carbons (Fsp3) is 0.385. The molecule has 2 rings (SSSR count). The summed E-state index contributed by atoms with van der Waals surface area (Å²) in [5.74, 6) is 0.141. The van der Waals surface area contributed by atoms with Crippen molar-refractivity contribution in [2.45, 2.75) is 6.42 Å². The average Bonchev–Trinajstić information content (AvgIpc) is 2.40. The summed E-state index contributed by atoms with van der Waals surface area (Å²) in [6.45, 7) is 2.57. The first-order chi connectivity index (χ1) is 8.29. The van der Waals surface area contributed by atoms with Crippen LogP contribution >= 0.6 is 0 Å². The number of nitrogens with zero attached hydrogens (tertiary/aromatic N) is 2. The number of benzene rings is 1. The van der Waals surface area contributed by atoms with Crippen molar-refractivity contribution in [2.24, 2.45) is 0 Å². The molecule has 0 atom stereocenters. The molecular formula is C13H16N2O2. The van der Waals surface area contributed by atoms with Crippen molar-refractivity contribution in [2.75, 3.05) is 26.2 Å². The first-order valence-corrected chi connectivity index (χ1v) is 5.80. The molecule has 0 aromatic heterocycles. The Balaban J connectivity index is 1.87. The van der Waals surface area contributed by atoms with Crippen molar-refractivity contribution in [1.29, 1.82) is 0 Å². The number of carbonyl (C=O) groups excluding carboxylic acids is 2. The minimum Gasteiger partial charge on any atom is -0.342 e. The molecule has 1 saturated heterocycles. The second-order valence-corrected chi connectivity index (χ2v) is 4.18. The van der Waals surface area contributed by atoms with Crippen LogP contribution in [-0.2, 0) is 16.0 Å². The summed E-state index contributed by atoms with van der Waals surface area (Å²) >= 11 is 0. The van der Waals surface area contributed by atoms with Gasteiger partial charge in [0.25, 0.3) is 0 Å². The summed E-state index contributed by atoms with van der Waals surface area (Å²) in [7, 11) is 0. The molecule has 17 heavy (non-hydrogen) atoms. The number of piperazine rings is 1. The van der Waals surface area contributed by atoms with Crippen LogP contribution in [-0.4, -0.2) is 48.3 Å². The van der Waals surface area contributed by atoms with Gasteiger partial charge in [0.05, 0.1) is 6.42 Å². The Hall–Kier alpha value is -1.84. The smallest absolute Gasteiger partial charge is 0.227 e. The molecule has 1 aromatic rings.